The number of morpholine rings is 1. The highest BCUT2D eigenvalue weighted by Crippen LogP contribution is 2.44. The van der Waals surface area contributed by atoms with Crippen LogP contribution in [0.1, 0.15) is 44.2 Å². The van der Waals surface area contributed by atoms with Crippen LogP contribution >= 0.6 is 11.6 Å². The molecule has 3 rings (SSSR count). The van der Waals surface area contributed by atoms with Crippen LogP contribution < -0.4 is 10.6 Å². The Bertz CT molecular complexity index is 658. The second kappa shape index (κ2) is 11.9. The van der Waals surface area contributed by atoms with E-state index in [1.54, 1.807) is 7.11 Å². The quantitative estimate of drug-likeness (QED) is 0.434. The summed E-state index contributed by atoms with van der Waals surface area (Å²) in [6.45, 7) is 8.84. The van der Waals surface area contributed by atoms with E-state index >= 15 is 0 Å². The van der Waals surface area contributed by atoms with E-state index in [2.05, 4.69) is 34.6 Å². The number of hydrogen-bond acceptors (Lipinski definition) is 4. The third-order valence-electron chi connectivity index (χ3n) is 6.37. The summed E-state index contributed by atoms with van der Waals surface area (Å²) in [6, 6.07) is 8.45. The van der Waals surface area contributed by atoms with E-state index in [1.165, 1.54) is 24.8 Å². The van der Waals surface area contributed by atoms with Gasteiger partial charge in [0.15, 0.2) is 5.96 Å². The summed E-state index contributed by atoms with van der Waals surface area (Å²) in [7, 11) is 1.78. The lowest BCUT2D eigenvalue weighted by molar-refractivity contribution is 0.0170. The van der Waals surface area contributed by atoms with Crippen LogP contribution in [0.5, 0.6) is 0 Å². The summed E-state index contributed by atoms with van der Waals surface area (Å²) in [5.74, 6) is 0.897. The number of nitrogens with zero attached hydrogens (tertiary/aromatic N) is 2. The Hall–Kier alpha value is -1.34. The molecule has 2 N–H and O–H groups in total. The molecule has 1 saturated heterocycles. The first-order valence-corrected chi connectivity index (χ1v) is 11.6. The maximum atomic E-state index is 6.12. The Kier molecular flexibility index (Phi) is 9.25. The van der Waals surface area contributed by atoms with Crippen LogP contribution in [0.4, 0.5) is 0 Å². The SMILES string of the molecule is CCNC(=NCC1(CCOC)CCC1)NCC(c1ccc(Cl)cc1)N1CCOCC1. The van der Waals surface area contributed by atoms with Gasteiger partial charge in [0.25, 0.3) is 0 Å². The van der Waals surface area contributed by atoms with Crippen LogP contribution in [0.3, 0.4) is 0 Å². The minimum absolute atomic E-state index is 0.251. The van der Waals surface area contributed by atoms with Crippen LogP contribution in [-0.4, -0.2) is 70.5 Å². The number of methoxy groups -OCH3 is 1. The van der Waals surface area contributed by atoms with Gasteiger partial charge in [0.05, 0.1) is 19.3 Å². The molecule has 0 radical (unpaired) electrons. The Morgan fingerprint density at radius 2 is 1.97 bits per heavy atom. The molecule has 1 aliphatic heterocycles. The second-order valence-corrected chi connectivity index (χ2v) is 8.82. The number of ether oxygens (including phenoxy) is 2. The normalized spacial score (nSPS) is 20.4. The summed E-state index contributed by atoms with van der Waals surface area (Å²) in [5, 5.41) is 7.79. The van der Waals surface area contributed by atoms with Gasteiger partial charge in [0, 0.05) is 51.5 Å². The fourth-order valence-electron chi connectivity index (χ4n) is 4.30. The molecule has 0 amide bonds. The molecule has 2 fully saturated rings. The maximum absolute atomic E-state index is 6.12. The van der Waals surface area contributed by atoms with Gasteiger partial charge < -0.3 is 20.1 Å². The van der Waals surface area contributed by atoms with E-state index in [1.807, 2.05) is 12.1 Å². The first-order chi connectivity index (χ1) is 14.7. The molecule has 1 heterocycles. The monoisotopic (exact) mass is 436 g/mol. The molecular formula is C23H37ClN4O2. The van der Waals surface area contributed by atoms with E-state index in [0.717, 1.165) is 69.9 Å². The topological polar surface area (TPSA) is 58.1 Å². The zero-order valence-corrected chi connectivity index (χ0v) is 19.2. The molecule has 6 nitrogen and oxygen atoms in total. The van der Waals surface area contributed by atoms with Crippen LogP contribution in [0.25, 0.3) is 0 Å². The van der Waals surface area contributed by atoms with Crippen molar-refractivity contribution in [2.24, 2.45) is 10.4 Å². The molecule has 1 saturated carbocycles. The highest BCUT2D eigenvalue weighted by atomic mass is 35.5. The Labute approximate surface area is 186 Å². The smallest absolute Gasteiger partial charge is 0.191 e. The van der Waals surface area contributed by atoms with Gasteiger partial charge in [-0.25, -0.2) is 0 Å². The summed E-state index contributed by atoms with van der Waals surface area (Å²) in [5.41, 5.74) is 1.58. The molecular weight excluding hydrogens is 400 g/mol. The standard InChI is InChI=1S/C23H37ClN4O2/c1-3-25-22(27-18-23(9-4-10-23)11-14-29-2)26-17-21(28-12-15-30-16-13-28)19-5-7-20(24)8-6-19/h5-8,21H,3-4,9-18H2,1-2H3,(H2,25,26,27). The van der Waals surface area contributed by atoms with Gasteiger partial charge in [0.1, 0.15) is 0 Å². The fraction of sp³-hybridized carbons (Fsp3) is 0.696. The summed E-state index contributed by atoms with van der Waals surface area (Å²) >= 11 is 6.12. The number of benzene rings is 1. The molecule has 1 aromatic rings. The highest BCUT2D eigenvalue weighted by Gasteiger charge is 2.36. The summed E-state index contributed by atoms with van der Waals surface area (Å²) < 4.78 is 10.9. The predicted octanol–water partition coefficient (Wildman–Crippen LogP) is 3.48. The van der Waals surface area contributed by atoms with E-state index in [4.69, 9.17) is 26.1 Å². The molecule has 7 heteroatoms. The number of halogens is 1. The Morgan fingerprint density at radius 1 is 1.23 bits per heavy atom. The lowest BCUT2D eigenvalue weighted by atomic mass is 9.67. The Balaban J connectivity index is 1.66. The number of guanidine groups is 1. The molecule has 168 valence electrons. The average molecular weight is 437 g/mol. The fourth-order valence-corrected chi connectivity index (χ4v) is 4.42. The molecule has 0 aromatic heterocycles. The lowest BCUT2D eigenvalue weighted by Gasteiger charge is -2.41. The largest absolute Gasteiger partial charge is 0.385 e. The first-order valence-electron chi connectivity index (χ1n) is 11.2. The van der Waals surface area contributed by atoms with Gasteiger partial charge in [-0.2, -0.15) is 0 Å². The van der Waals surface area contributed by atoms with Crippen molar-refractivity contribution in [3.05, 3.63) is 34.9 Å². The summed E-state index contributed by atoms with van der Waals surface area (Å²) in [6.07, 6.45) is 4.90. The molecule has 0 spiro atoms. The van der Waals surface area contributed by atoms with Gasteiger partial charge in [0.2, 0.25) is 0 Å². The minimum atomic E-state index is 0.251. The number of nitrogens with one attached hydrogen (secondary N) is 2. The molecule has 1 aromatic carbocycles. The minimum Gasteiger partial charge on any atom is -0.385 e. The van der Waals surface area contributed by atoms with Crippen LogP contribution in [0.15, 0.2) is 29.3 Å². The molecule has 1 atom stereocenters. The number of aliphatic imine (C=N–C) groups is 1. The van der Waals surface area contributed by atoms with Crippen molar-refractivity contribution >= 4 is 17.6 Å². The van der Waals surface area contributed by atoms with Gasteiger partial charge >= 0.3 is 0 Å². The molecule has 1 unspecified atom stereocenters. The molecule has 0 bridgehead atoms. The zero-order valence-electron chi connectivity index (χ0n) is 18.5. The van der Waals surface area contributed by atoms with Crippen molar-refractivity contribution in [1.82, 2.24) is 15.5 Å². The van der Waals surface area contributed by atoms with Crippen molar-refractivity contribution in [2.75, 3.05) is 59.7 Å². The molecule has 2 aliphatic rings. The van der Waals surface area contributed by atoms with Gasteiger partial charge in [-0.1, -0.05) is 30.2 Å². The van der Waals surface area contributed by atoms with Crippen molar-refractivity contribution in [3.63, 3.8) is 0 Å². The van der Waals surface area contributed by atoms with Gasteiger partial charge in [-0.15, -0.1) is 0 Å². The van der Waals surface area contributed by atoms with E-state index in [0.29, 0.717) is 5.41 Å². The van der Waals surface area contributed by atoms with Crippen molar-refractivity contribution < 1.29 is 9.47 Å². The van der Waals surface area contributed by atoms with Gasteiger partial charge in [-0.05, 0) is 49.3 Å². The third-order valence-corrected chi connectivity index (χ3v) is 6.62. The van der Waals surface area contributed by atoms with E-state index < -0.39 is 0 Å². The molecule has 1 aliphatic carbocycles. The third kappa shape index (κ3) is 6.58. The van der Waals surface area contributed by atoms with Crippen LogP contribution in [0, 0.1) is 5.41 Å². The van der Waals surface area contributed by atoms with Crippen molar-refractivity contribution in [3.8, 4) is 0 Å². The van der Waals surface area contributed by atoms with Gasteiger partial charge in [-0.3, -0.25) is 9.89 Å². The van der Waals surface area contributed by atoms with Crippen LogP contribution in [-0.2, 0) is 9.47 Å². The zero-order chi connectivity index (χ0) is 21.2. The first kappa shape index (κ1) is 23.3. The number of rotatable bonds is 10. The lowest BCUT2D eigenvalue weighted by Crippen LogP contribution is -2.46. The van der Waals surface area contributed by atoms with Crippen molar-refractivity contribution in [1.29, 1.82) is 0 Å². The van der Waals surface area contributed by atoms with E-state index in [9.17, 15) is 0 Å². The maximum Gasteiger partial charge on any atom is 0.191 e. The molecule has 30 heavy (non-hydrogen) atoms. The number of hydrogen-bond donors (Lipinski definition) is 2. The average Bonchev–Trinajstić information content (AvgIpc) is 2.74. The Morgan fingerprint density at radius 3 is 2.57 bits per heavy atom. The summed E-state index contributed by atoms with van der Waals surface area (Å²) in [4.78, 5) is 7.44. The predicted molar refractivity (Wildman–Crippen MR) is 123 cm³/mol. The second-order valence-electron chi connectivity index (χ2n) is 8.39. The highest BCUT2D eigenvalue weighted by molar-refractivity contribution is 6.30. The van der Waals surface area contributed by atoms with Crippen LogP contribution in [0.2, 0.25) is 5.02 Å². The van der Waals surface area contributed by atoms with Crippen molar-refractivity contribution in [2.45, 2.75) is 38.6 Å². The van der Waals surface area contributed by atoms with E-state index in [-0.39, 0.29) is 6.04 Å².